The number of nitrogens with one attached hydrogen (secondary N) is 1. The van der Waals surface area contributed by atoms with E-state index in [2.05, 4.69) is 34.3 Å². The van der Waals surface area contributed by atoms with Crippen LogP contribution in [0.3, 0.4) is 0 Å². The summed E-state index contributed by atoms with van der Waals surface area (Å²) in [4.78, 5) is 30.6. The number of amides is 2. The number of anilines is 1. The van der Waals surface area contributed by atoms with Gasteiger partial charge in [-0.3, -0.25) is 9.69 Å². The maximum Gasteiger partial charge on any atom is 0.436 e. The van der Waals surface area contributed by atoms with Crippen LogP contribution in [-0.2, 0) is 17.7 Å². The van der Waals surface area contributed by atoms with E-state index in [1.807, 2.05) is 6.07 Å². The third-order valence-electron chi connectivity index (χ3n) is 5.05. The Bertz CT molecular complexity index is 991. The van der Waals surface area contributed by atoms with Crippen molar-refractivity contribution in [2.45, 2.75) is 46.3 Å². The SMILES string of the molecule is CCN1CCc2cc(NC(=O)c3ccc(C(N)=NC(=O)OC(C)(C)C)cc3)ccc2C1. The Morgan fingerprint density at radius 2 is 1.77 bits per heavy atom. The Hall–Kier alpha value is -3.19. The Balaban J connectivity index is 1.65. The minimum Gasteiger partial charge on any atom is -0.442 e. The first-order chi connectivity index (χ1) is 14.6. The second kappa shape index (κ2) is 9.31. The van der Waals surface area contributed by atoms with E-state index in [9.17, 15) is 9.59 Å². The minimum absolute atomic E-state index is 0.0389. The average molecular weight is 423 g/mol. The number of nitrogens with two attached hydrogens (primary N) is 1. The van der Waals surface area contributed by atoms with Gasteiger partial charge in [0.05, 0.1) is 0 Å². The van der Waals surface area contributed by atoms with E-state index in [0.29, 0.717) is 11.1 Å². The van der Waals surface area contributed by atoms with Crippen molar-refractivity contribution >= 4 is 23.5 Å². The summed E-state index contributed by atoms with van der Waals surface area (Å²) in [5.41, 5.74) is 9.66. The third kappa shape index (κ3) is 6.15. The predicted molar refractivity (Wildman–Crippen MR) is 122 cm³/mol. The summed E-state index contributed by atoms with van der Waals surface area (Å²) in [5.74, 6) is -0.169. The van der Waals surface area contributed by atoms with Crippen LogP contribution in [0.1, 0.15) is 54.7 Å². The monoisotopic (exact) mass is 422 g/mol. The second-order valence-electron chi connectivity index (χ2n) is 8.61. The molecule has 0 atom stereocenters. The van der Waals surface area contributed by atoms with Crippen molar-refractivity contribution in [3.8, 4) is 0 Å². The number of hydrogen-bond donors (Lipinski definition) is 2. The molecule has 1 heterocycles. The second-order valence-corrected chi connectivity index (χ2v) is 8.61. The number of benzene rings is 2. The highest BCUT2D eigenvalue weighted by Gasteiger charge is 2.17. The van der Waals surface area contributed by atoms with Crippen LogP contribution < -0.4 is 11.1 Å². The van der Waals surface area contributed by atoms with Crippen LogP contribution in [0.5, 0.6) is 0 Å². The quantitative estimate of drug-likeness (QED) is 0.574. The summed E-state index contributed by atoms with van der Waals surface area (Å²) in [6.07, 6.45) is 0.235. The Labute approximate surface area is 183 Å². The fourth-order valence-corrected chi connectivity index (χ4v) is 3.40. The molecule has 7 nitrogen and oxygen atoms in total. The molecule has 0 unspecified atom stereocenters. The molecule has 1 aliphatic heterocycles. The van der Waals surface area contributed by atoms with Gasteiger partial charge in [0.15, 0.2) is 0 Å². The molecule has 0 bridgehead atoms. The number of amidine groups is 1. The van der Waals surface area contributed by atoms with E-state index >= 15 is 0 Å². The van der Waals surface area contributed by atoms with Gasteiger partial charge in [-0.1, -0.05) is 25.1 Å². The molecule has 164 valence electrons. The summed E-state index contributed by atoms with van der Waals surface area (Å²) in [6.45, 7) is 10.5. The van der Waals surface area contributed by atoms with Gasteiger partial charge in [-0.05, 0) is 69.1 Å². The standard InChI is InChI=1S/C24H30N4O3/c1-5-28-13-12-18-14-20(11-10-19(18)15-28)26-22(29)17-8-6-16(7-9-17)21(25)27-23(30)31-24(2,3)4/h6-11,14H,5,12-13,15H2,1-4H3,(H,26,29)(H2,25,27,30). The molecule has 0 aliphatic carbocycles. The molecular formula is C24H30N4O3. The largest absolute Gasteiger partial charge is 0.442 e. The summed E-state index contributed by atoms with van der Waals surface area (Å²) in [6, 6.07) is 12.7. The highest BCUT2D eigenvalue weighted by Crippen LogP contribution is 2.23. The molecular weight excluding hydrogens is 392 g/mol. The van der Waals surface area contributed by atoms with Crippen LogP contribution in [0.4, 0.5) is 10.5 Å². The van der Waals surface area contributed by atoms with E-state index in [4.69, 9.17) is 10.5 Å². The lowest BCUT2D eigenvalue weighted by molar-refractivity contribution is 0.0604. The molecule has 0 saturated carbocycles. The molecule has 1 aliphatic rings. The molecule has 3 rings (SSSR count). The molecule has 2 aromatic rings. The number of nitrogens with zero attached hydrogens (tertiary/aromatic N) is 2. The molecule has 31 heavy (non-hydrogen) atoms. The third-order valence-corrected chi connectivity index (χ3v) is 5.05. The zero-order valence-corrected chi connectivity index (χ0v) is 18.6. The smallest absolute Gasteiger partial charge is 0.436 e. The fraction of sp³-hybridized carbons (Fsp3) is 0.375. The number of rotatable bonds is 4. The Kier molecular flexibility index (Phi) is 6.75. The van der Waals surface area contributed by atoms with Gasteiger partial charge in [-0.2, -0.15) is 4.99 Å². The van der Waals surface area contributed by atoms with E-state index in [1.165, 1.54) is 11.1 Å². The van der Waals surface area contributed by atoms with Gasteiger partial charge in [0.2, 0.25) is 0 Å². The molecule has 3 N–H and O–H groups in total. The number of hydrogen-bond acceptors (Lipinski definition) is 4. The lowest BCUT2D eigenvalue weighted by atomic mass is 9.99. The highest BCUT2D eigenvalue weighted by molar-refractivity contribution is 6.06. The normalized spacial score (nSPS) is 14.6. The summed E-state index contributed by atoms with van der Waals surface area (Å²) >= 11 is 0. The van der Waals surface area contributed by atoms with Gasteiger partial charge in [0, 0.05) is 29.9 Å². The van der Waals surface area contributed by atoms with E-state index in [-0.39, 0.29) is 11.7 Å². The zero-order valence-electron chi connectivity index (χ0n) is 18.6. The van der Waals surface area contributed by atoms with Gasteiger partial charge < -0.3 is 15.8 Å². The van der Waals surface area contributed by atoms with Crippen molar-refractivity contribution in [3.63, 3.8) is 0 Å². The average Bonchev–Trinajstić information content (AvgIpc) is 2.72. The lowest BCUT2D eigenvalue weighted by Gasteiger charge is -2.27. The van der Waals surface area contributed by atoms with E-state index < -0.39 is 11.7 Å². The first-order valence-electron chi connectivity index (χ1n) is 10.5. The molecule has 0 radical (unpaired) electrons. The maximum atomic E-state index is 12.6. The summed E-state index contributed by atoms with van der Waals surface area (Å²) in [7, 11) is 0. The van der Waals surface area contributed by atoms with Crippen LogP contribution in [0, 0.1) is 0 Å². The van der Waals surface area contributed by atoms with Crippen molar-refractivity contribution in [1.29, 1.82) is 0 Å². The van der Waals surface area contributed by atoms with Gasteiger partial charge in [-0.15, -0.1) is 0 Å². The van der Waals surface area contributed by atoms with Crippen LogP contribution in [-0.4, -0.2) is 41.4 Å². The first kappa shape index (κ1) is 22.5. The van der Waals surface area contributed by atoms with E-state index in [0.717, 1.165) is 31.7 Å². The Morgan fingerprint density at radius 1 is 1.10 bits per heavy atom. The van der Waals surface area contributed by atoms with Crippen molar-refractivity contribution < 1.29 is 14.3 Å². The van der Waals surface area contributed by atoms with E-state index in [1.54, 1.807) is 45.0 Å². The van der Waals surface area contributed by atoms with Crippen molar-refractivity contribution in [1.82, 2.24) is 4.90 Å². The van der Waals surface area contributed by atoms with Crippen molar-refractivity contribution in [3.05, 3.63) is 64.7 Å². The number of carbonyl (C=O) groups is 2. The van der Waals surface area contributed by atoms with Gasteiger partial charge in [0.25, 0.3) is 5.91 Å². The van der Waals surface area contributed by atoms with Crippen LogP contribution in [0.25, 0.3) is 0 Å². The van der Waals surface area contributed by atoms with Crippen molar-refractivity contribution in [2.75, 3.05) is 18.4 Å². The number of ether oxygens (including phenoxy) is 1. The minimum atomic E-state index is -0.749. The summed E-state index contributed by atoms with van der Waals surface area (Å²) in [5, 5.41) is 2.95. The fourth-order valence-electron chi connectivity index (χ4n) is 3.40. The number of carbonyl (C=O) groups excluding carboxylic acids is 2. The van der Waals surface area contributed by atoms with Crippen LogP contribution in [0.2, 0.25) is 0 Å². The lowest BCUT2D eigenvalue weighted by Crippen LogP contribution is -2.30. The molecule has 0 saturated heterocycles. The van der Waals surface area contributed by atoms with Crippen molar-refractivity contribution in [2.24, 2.45) is 10.7 Å². The Morgan fingerprint density at radius 3 is 2.42 bits per heavy atom. The first-order valence-corrected chi connectivity index (χ1v) is 10.5. The summed E-state index contributed by atoms with van der Waals surface area (Å²) < 4.78 is 5.14. The van der Waals surface area contributed by atoms with Gasteiger partial charge in [-0.25, -0.2) is 4.79 Å². The zero-order chi connectivity index (χ0) is 22.6. The molecule has 2 amide bonds. The van der Waals surface area contributed by atoms with Gasteiger partial charge in [0.1, 0.15) is 11.4 Å². The maximum absolute atomic E-state index is 12.6. The molecule has 2 aromatic carbocycles. The van der Waals surface area contributed by atoms with Crippen LogP contribution in [0.15, 0.2) is 47.5 Å². The topological polar surface area (TPSA) is 97.0 Å². The molecule has 0 spiro atoms. The number of fused-ring (bicyclic) bond motifs is 1. The number of likely N-dealkylation sites (N-methyl/N-ethyl adjacent to an activating group) is 1. The number of aliphatic imine (C=N–C) groups is 1. The molecule has 0 aromatic heterocycles. The van der Waals surface area contributed by atoms with Crippen LogP contribution >= 0.6 is 0 Å². The predicted octanol–water partition coefficient (Wildman–Crippen LogP) is 3.96. The van der Waals surface area contributed by atoms with Gasteiger partial charge >= 0.3 is 6.09 Å². The highest BCUT2D eigenvalue weighted by atomic mass is 16.6. The molecule has 7 heteroatoms. The molecule has 0 fully saturated rings.